The van der Waals surface area contributed by atoms with Crippen molar-refractivity contribution in [2.45, 2.75) is 31.9 Å². The van der Waals surface area contributed by atoms with Gasteiger partial charge in [-0.2, -0.15) is 0 Å². The third kappa shape index (κ3) is 2.82. The van der Waals surface area contributed by atoms with Crippen LogP contribution in [0, 0.1) is 0 Å². The van der Waals surface area contributed by atoms with Crippen LogP contribution in [-0.2, 0) is 0 Å². The van der Waals surface area contributed by atoms with Crippen molar-refractivity contribution in [3.63, 3.8) is 0 Å². The smallest absolute Gasteiger partial charge is 0.255 e. The summed E-state index contributed by atoms with van der Waals surface area (Å²) in [5.41, 5.74) is 0.618. The lowest BCUT2D eigenvalue weighted by Gasteiger charge is -2.36. The highest BCUT2D eigenvalue weighted by Crippen LogP contribution is 2.29. The molecule has 2 aromatic rings. The Hall–Kier alpha value is -1.79. The fourth-order valence-electron chi connectivity index (χ4n) is 2.59. The summed E-state index contributed by atoms with van der Waals surface area (Å²) in [6.45, 7) is 2.42. The summed E-state index contributed by atoms with van der Waals surface area (Å²) in [5, 5.41) is 11.7. The number of likely N-dealkylation sites (tertiary alicyclic amines) is 1. The number of rotatable bonds is 2. The number of aliphatic hydroxyl groups is 1. The van der Waals surface area contributed by atoms with Crippen molar-refractivity contribution in [3.8, 4) is 10.7 Å². The molecule has 1 saturated heterocycles. The lowest BCUT2D eigenvalue weighted by molar-refractivity contribution is 0.0310. The number of hydrogen-bond donors (Lipinski definition) is 1. The number of hydrogen-bond acceptors (Lipinski definition) is 5. The van der Waals surface area contributed by atoms with Crippen LogP contribution in [0.4, 0.5) is 0 Å². The topological polar surface area (TPSA) is 66.3 Å². The van der Waals surface area contributed by atoms with Gasteiger partial charge in [0.15, 0.2) is 5.82 Å². The molecule has 1 amide bonds. The summed E-state index contributed by atoms with van der Waals surface area (Å²) >= 11 is 1.46. The van der Waals surface area contributed by atoms with Gasteiger partial charge in [0, 0.05) is 25.0 Å². The van der Waals surface area contributed by atoms with Crippen molar-refractivity contribution in [1.29, 1.82) is 0 Å². The Balaban J connectivity index is 1.91. The zero-order valence-electron chi connectivity index (χ0n) is 11.8. The van der Waals surface area contributed by atoms with Crippen molar-refractivity contribution < 1.29 is 9.90 Å². The van der Waals surface area contributed by atoms with Crippen LogP contribution in [0.15, 0.2) is 29.9 Å². The number of amides is 1. The minimum atomic E-state index is -0.430. The normalized spacial score (nSPS) is 22.3. The number of thiophene rings is 1. The first-order chi connectivity index (χ1) is 10.2. The van der Waals surface area contributed by atoms with Gasteiger partial charge in [-0.1, -0.05) is 0 Å². The molecule has 3 heterocycles. The second kappa shape index (κ2) is 5.91. The molecular weight excluding hydrogens is 286 g/mol. The van der Waals surface area contributed by atoms with Crippen molar-refractivity contribution in [1.82, 2.24) is 14.9 Å². The van der Waals surface area contributed by atoms with E-state index in [2.05, 4.69) is 9.97 Å². The van der Waals surface area contributed by atoms with Gasteiger partial charge in [0.25, 0.3) is 5.91 Å². The molecular formula is C15H17N3O2S. The van der Waals surface area contributed by atoms with Gasteiger partial charge in [-0.15, -0.1) is 11.3 Å². The van der Waals surface area contributed by atoms with Crippen LogP contribution in [0.1, 0.15) is 30.1 Å². The molecule has 2 atom stereocenters. The molecule has 0 radical (unpaired) electrons. The number of aliphatic hydroxyl groups excluding tert-OH is 1. The summed E-state index contributed by atoms with van der Waals surface area (Å²) in [6.07, 6.45) is 4.49. The monoisotopic (exact) mass is 303 g/mol. The van der Waals surface area contributed by atoms with E-state index in [0.717, 1.165) is 17.7 Å². The molecule has 0 saturated carbocycles. The third-order valence-electron chi connectivity index (χ3n) is 3.78. The SMILES string of the molecule is C[C@@H]1CC[C@@H](O)CN1C(=O)c1ccsc1-c1ncccn1. The lowest BCUT2D eigenvalue weighted by Crippen LogP contribution is -2.47. The average Bonchev–Trinajstić information content (AvgIpc) is 2.99. The Labute approximate surface area is 127 Å². The fraction of sp³-hybridized carbons (Fsp3) is 0.400. The van der Waals surface area contributed by atoms with Crippen LogP contribution in [-0.4, -0.2) is 44.6 Å². The Morgan fingerprint density at radius 3 is 2.90 bits per heavy atom. The summed E-state index contributed by atoms with van der Waals surface area (Å²) < 4.78 is 0. The van der Waals surface area contributed by atoms with Crippen molar-refractivity contribution >= 4 is 17.2 Å². The molecule has 3 rings (SSSR count). The highest BCUT2D eigenvalue weighted by molar-refractivity contribution is 7.13. The molecule has 1 aliphatic rings. The molecule has 0 unspecified atom stereocenters. The molecule has 2 aromatic heterocycles. The summed E-state index contributed by atoms with van der Waals surface area (Å²) in [4.78, 5) is 23.8. The van der Waals surface area contributed by atoms with Crippen LogP contribution in [0.2, 0.25) is 0 Å². The Morgan fingerprint density at radius 1 is 1.38 bits per heavy atom. The number of carbonyl (C=O) groups excluding carboxylic acids is 1. The van der Waals surface area contributed by atoms with E-state index in [0.29, 0.717) is 17.9 Å². The molecule has 110 valence electrons. The maximum Gasteiger partial charge on any atom is 0.255 e. The van der Waals surface area contributed by atoms with Gasteiger partial charge >= 0.3 is 0 Å². The van der Waals surface area contributed by atoms with Crippen LogP contribution < -0.4 is 0 Å². The van der Waals surface area contributed by atoms with E-state index in [4.69, 9.17) is 0 Å². The zero-order valence-corrected chi connectivity index (χ0v) is 12.6. The Kier molecular flexibility index (Phi) is 3.98. The van der Waals surface area contributed by atoms with Gasteiger partial charge in [0.2, 0.25) is 0 Å². The number of piperidine rings is 1. The van der Waals surface area contributed by atoms with E-state index < -0.39 is 6.10 Å². The second-order valence-corrected chi connectivity index (χ2v) is 6.19. The predicted octanol–water partition coefficient (Wildman–Crippen LogP) is 2.19. The van der Waals surface area contributed by atoms with E-state index in [1.165, 1.54) is 11.3 Å². The number of β-amino-alcohol motifs (C(OH)–C–C–N with tert-alkyl or cyclic N) is 1. The number of nitrogens with zero attached hydrogens (tertiary/aromatic N) is 3. The first-order valence-electron chi connectivity index (χ1n) is 7.00. The standard InChI is InChI=1S/C15H17N3O2S/c1-10-3-4-11(19)9-18(10)15(20)12-5-8-21-13(12)14-16-6-2-7-17-14/h2,5-8,10-11,19H,3-4,9H2,1H3/t10-,11-/m1/s1. The summed E-state index contributed by atoms with van der Waals surface area (Å²) in [7, 11) is 0. The average molecular weight is 303 g/mol. The van der Waals surface area contributed by atoms with E-state index >= 15 is 0 Å². The van der Waals surface area contributed by atoms with E-state index in [-0.39, 0.29) is 11.9 Å². The zero-order chi connectivity index (χ0) is 14.8. The minimum Gasteiger partial charge on any atom is -0.391 e. The van der Waals surface area contributed by atoms with Gasteiger partial charge < -0.3 is 10.0 Å². The van der Waals surface area contributed by atoms with Crippen molar-refractivity contribution in [2.75, 3.05) is 6.54 Å². The van der Waals surface area contributed by atoms with Crippen LogP contribution in [0.3, 0.4) is 0 Å². The van der Waals surface area contributed by atoms with Crippen molar-refractivity contribution in [2.24, 2.45) is 0 Å². The van der Waals surface area contributed by atoms with Crippen LogP contribution in [0.25, 0.3) is 10.7 Å². The fourth-order valence-corrected chi connectivity index (χ4v) is 3.43. The van der Waals surface area contributed by atoms with Gasteiger partial charge in [-0.25, -0.2) is 9.97 Å². The minimum absolute atomic E-state index is 0.0510. The summed E-state index contributed by atoms with van der Waals surface area (Å²) in [5.74, 6) is 0.519. The Bertz CT molecular complexity index is 629. The molecule has 1 aliphatic heterocycles. The molecule has 6 heteroatoms. The molecule has 0 aromatic carbocycles. The molecule has 0 aliphatic carbocycles. The molecule has 1 N–H and O–H groups in total. The Morgan fingerprint density at radius 2 is 2.14 bits per heavy atom. The number of carbonyl (C=O) groups is 1. The number of aromatic nitrogens is 2. The van der Waals surface area contributed by atoms with Gasteiger partial charge in [0.05, 0.1) is 16.5 Å². The summed E-state index contributed by atoms with van der Waals surface area (Å²) in [6, 6.07) is 3.71. The largest absolute Gasteiger partial charge is 0.391 e. The molecule has 21 heavy (non-hydrogen) atoms. The highest BCUT2D eigenvalue weighted by Gasteiger charge is 2.30. The predicted molar refractivity (Wildman–Crippen MR) is 81.1 cm³/mol. The molecule has 1 fully saturated rings. The molecule has 0 spiro atoms. The van der Waals surface area contributed by atoms with Gasteiger partial charge in [-0.3, -0.25) is 4.79 Å². The molecule has 5 nitrogen and oxygen atoms in total. The van der Waals surface area contributed by atoms with Gasteiger partial charge in [0.1, 0.15) is 0 Å². The van der Waals surface area contributed by atoms with E-state index in [9.17, 15) is 9.90 Å². The van der Waals surface area contributed by atoms with Crippen LogP contribution >= 0.6 is 11.3 Å². The molecule has 0 bridgehead atoms. The van der Waals surface area contributed by atoms with E-state index in [1.807, 2.05) is 18.4 Å². The van der Waals surface area contributed by atoms with Gasteiger partial charge in [-0.05, 0) is 37.3 Å². The maximum atomic E-state index is 12.8. The van der Waals surface area contributed by atoms with Crippen LogP contribution in [0.5, 0.6) is 0 Å². The van der Waals surface area contributed by atoms with Crippen molar-refractivity contribution in [3.05, 3.63) is 35.5 Å². The second-order valence-electron chi connectivity index (χ2n) is 5.27. The lowest BCUT2D eigenvalue weighted by atomic mass is 10.0. The third-order valence-corrected chi connectivity index (χ3v) is 4.69. The first kappa shape index (κ1) is 14.2. The maximum absolute atomic E-state index is 12.8. The quantitative estimate of drug-likeness (QED) is 0.923. The van der Waals surface area contributed by atoms with E-state index in [1.54, 1.807) is 23.4 Å². The highest BCUT2D eigenvalue weighted by atomic mass is 32.1. The first-order valence-corrected chi connectivity index (χ1v) is 7.88.